The number of alkyl carbamates (subject to hydrolysis) is 1. The zero-order valence-corrected chi connectivity index (χ0v) is 17.5. The third-order valence-corrected chi connectivity index (χ3v) is 3.60. The molecule has 0 saturated heterocycles. The highest BCUT2D eigenvalue weighted by atomic mass is 16.6. The van der Waals surface area contributed by atoms with Crippen LogP contribution in [0.1, 0.15) is 51.7 Å². The first-order valence-electron chi connectivity index (χ1n) is 9.23. The average Bonchev–Trinajstić information content (AvgIpc) is 2.86. The Balaban J connectivity index is 2.57. The number of aliphatic imine (C=N–C) groups is 1. The Hall–Kier alpha value is -2.22. The van der Waals surface area contributed by atoms with Crippen LogP contribution in [0, 0.1) is 13.8 Å². The number of guanidine groups is 1. The summed E-state index contributed by atoms with van der Waals surface area (Å²) >= 11 is 0. The van der Waals surface area contributed by atoms with Gasteiger partial charge in [-0.1, -0.05) is 0 Å². The van der Waals surface area contributed by atoms with Crippen LogP contribution in [0.3, 0.4) is 0 Å². The molecule has 0 fully saturated rings. The maximum atomic E-state index is 11.6. The van der Waals surface area contributed by atoms with E-state index in [0.29, 0.717) is 31.4 Å². The van der Waals surface area contributed by atoms with Crippen LogP contribution in [0.2, 0.25) is 0 Å². The topological polar surface area (TPSA) is 108 Å². The lowest BCUT2D eigenvalue weighted by molar-refractivity contribution is 0.0528. The number of nitrogens with zero attached hydrogens (tertiary/aromatic N) is 1. The number of nitrogens with one attached hydrogen (secondary N) is 3. The smallest absolute Gasteiger partial charge is 0.407 e. The summed E-state index contributed by atoms with van der Waals surface area (Å²) in [6.45, 7) is 14.5. The molecule has 154 valence electrons. The monoisotopic (exact) mass is 382 g/mol. The highest BCUT2D eigenvalue weighted by Gasteiger charge is 2.27. The van der Waals surface area contributed by atoms with Crippen molar-refractivity contribution >= 4 is 12.1 Å². The largest absolute Gasteiger partial charge is 0.466 e. The van der Waals surface area contributed by atoms with Gasteiger partial charge in [-0.15, -0.1) is 0 Å². The summed E-state index contributed by atoms with van der Waals surface area (Å²) in [5, 5.41) is 19.7. The number of aryl methyl sites for hydroxylation is 2. The van der Waals surface area contributed by atoms with Gasteiger partial charge in [-0.05, 0) is 54.5 Å². The molecule has 0 aliphatic carbocycles. The minimum absolute atomic E-state index is 0.168. The van der Waals surface area contributed by atoms with Gasteiger partial charge in [0.25, 0.3) is 0 Å². The van der Waals surface area contributed by atoms with Crippen LogP contribution in [0.4, 0.5) is 4.79 Å². The SMILES string of the molecule is CCNC(=NCC(C)(O)c1cc(C)oc1C)NCCNC(=O)OC(C)(C)C. The molecule has 0 aliphatic heterocycles. The van der Waals surface area contributed by atoms with Gasteiger partial charge in [-0.2, -0.15) is 0 Å². The van der Waals surface area contributed by atoms with Gasteiger partial charge in [-0.3, -0.25) is 0 Å². The van der Waals surface area contributed by atoms with Crippen molar-refractivity contribution < 1.29 is 19.1 Å². The van der Waals surface area contributed by atoms with Gasteiger partial charge in [-0.25, -0.2) is 9.79 Å². The Morgan fingerprint density at radius 3 is 2.33 bits per heavy atom. The predicted molar refractivity (Wildman–Crippen MR) is 106 cm³/mol. The number of furan rings is 1. The van der Waals surface area contributed by atoms with Crippen molar-refractivity contribution in [2.24, 2.45) is 4.99 Å². The number of amides is 1. The van der Waals surface area contributed by atoms with Gasteiger partial charge in [0, 0.05) is 25.2 Å². The van der Waals surface area contributed by atoms with Crippen molar-refractivity contribution in [3.05, 3.63) is 23.2 Å². The van der Waals surface area contributed by atoms with Crippen molar-refractivity contribution in [2.75, 3.05) is 26.2 Å². The second-order valence-electron chi connectivity index (χ2n) is 7.65. The van der Waals surface area contributed by atoms with Crippen LogP contribution >= 0.6 is 0 Å². The fourth-order valence-electron chi connectivity index (χ4n) is 2.49. The minimum Gasteiger partial charge on any atom is -0.466 e. The molecule has 1 amide bonds. The molecule has 0 radical (unpaired) electrons. The van der Waals surface area contributed by atoms with Crippen molar-refractivity contribution in [2.45, 2.75) is 59.7 Å². The Kier molecular flexibility index (Phi) is 8.15. The maximum absolute atomic E-state index is 11.6. The molecule has 8 heteroatoms. The van der Waals surface area contributed by atoms with Gasteiger partial charge in [0.1, 0.15) is 22.7 Å². The van der Waals surface area contributed by atoms with Crippen molar-refractivity contribution in [3.8, 4) is 0 Å². The first kappa shape index (κ1) is 22.8. The minimum atomic E-state index is -1.14. The number of carbonyl (C=O) groups excluding carboxylic acids is 1. The number of carbonyl (C=O) groups is 1. The van der Waals surface area contributed by atoms with E-state index in [9.17, 15) is 9.90 Å². The lowest BCUT2D eigenvalue weighted by Gasteiger charge is -2.22. The van der Waals surface area contributed by atoms with Crippen LogP contribution in [0.25, 0.3) is 0 Å². The normalized spacial score (nSPS) is 14.4. The molecule has 1 aromatic rings. The molecule has 0 saturated carbocycles. The van der Waals surface area contributed by atoms with Gasteiger partial charge in [0.2, 0.25) is 0 Å². The summed E-state index contributed by atoms with van der Waals surface area (Å²) in [5.74, 6) is 2.00. The summed E-state index contributed by atoms with van der Waals surface area (Å²) in [6, 6.07) is 1.83. The summed E-state index contributed by atoms with van der Waals surface area (Å²) in [4.78, 5) is 16.1. The molecular formula is C19H34N4O4. The molecule has 0 aromatic carbocycles. The van der Waals surface area contributed by atoms with Crippen LogP contribution in [0.15, 0.2) is 15.5 Å². The van der Waals surface area contributed by atoms with Gasteiger partial charge >= 0.3 is 6.09 Å². The molecule has 1 unspecified atom stereocenters. The van der Waals surface area contributed by atoms with Crippen LogP contribution in [0.5, 0.6) is 0 Å². The number of ether oxygens (including phenoxy) is 1. The molecule has 8 nitrogen and oxygen atoms in total. The predicted octanol–water partition coefficient (Wildman–Crippen LogP) is 2.18. The zero-order chi connectivity index (χ0) is 20.7. The standard InChI is InChI=1S/C19H34N4O4/c1-8-20-16(21-9-10-22-17(24)27-18(4,5)6)23-12-19(7,25)15-11-13(2)26-14(15)3/h11,25H,8-10,12H2,1-7H3,(H,22,24)(H2,20,21,23). The van der Waals surface area contributed by atoms with Crippen LogP contribution in [-0.2, 0) is 10.3 Å². The molecule has 4 N–H and O–H groups in total. The summed E-state index contributed by atoms with van der Waals surface area (Å²) in [5.41, 5.74) is -0.937. The van der Waals surface area contributed by atoms with Gasteiger partial charge in [0.05, 0.1) is 6.54 Å². The second kappa shape index (κ2) is 9.64. The third-order valence-electron chi connectivity index (χ3n) is 3.60. The second-order valence-corrected chi connectivity index (χ2v) is 7.65. The van der Waals surface area contributed by atoms with Gasteiger partial charge in [0.15, 0.2) is 5.96 Å². The molecule has 0 spiro atoms. The Morgan fingerprint density at radius 1 is 1.19 bits per heavy atom. The van der Waals surface area contributed by atoms with Crippen molar-refractivity contribution in [3.63, 3.8) is 0 Å². The Morgan fingerprint density at radius 2 is 1.81 bits per heavy atom. The van der Waals surface area contributed by atoms with E-state index in [-0.39, 0.29) is 6.54 Å². The molecule has 0 aliphatic rings. The summed E-state index contributed by atoms with van der Waals surface area (Å²) in [6.07, 6.45) is -0.458. The van der Waals surface area contributed by atoms with E-state index in [2.05, 4.69) is 20.9 Å². The molecule has 1 atom stereocenters. The molecule has 1 aromatic heterocycles. The lowest BCUT2D eigenvalue weighted by Crippen LogP contribution is -2.43. The first-order valence-corrected chi connectivity index (χ1v) is 9.23. The van der Waals surface area contributed by atoms with Crippen molar-refractivity contribution in [1.82, 2.24) is 16.0 Å². The molecule has 27 heavy (non-hydrogen) atoms. The molecule has 1 heterocycles. The van der Waals surface area contributed by atoms with Gasteiger partial charge < -0.3 is 30.2 Å². The Labute approximate surface area is 161 Å². The number of hydrogen-bond acceptors (Lipinski definition) is 5. The zero-order valence-electron chi connectivity index (χ0n) is 17.5. The van der Waals surface area contributed by atoms with E-state index in [1.54, 1.807) is 6.92 Å². The fraction of sp³-hybridized carbons (Fsp3) is 0.684. The summed E-state index contributed by atoms with van der Waals surface area (Å²) in [7, 11) is 0. The summed E-state index contributed by atoms with van der Waals surface area (Å²) < 4.78 is 10.7. The number of rotatable bonds is 7. The average molecular weight is 383 g/mol. The van der Waals surface area contributed by atoms with E-state index in [1.807, 2.05) is 47.6 Å². The Bertz CT molecular complexity index is 645. The maximum Gasteiger partial charge on any atom is 0.407 e. The van der Waals surface area contributed by atoms with Crippen LogP contribution in [-0.4, -0.2) is 48.9 Å². The van der Waals surface area contributed by atoms with E-state index >= 15 is 0 Å². The fourth-order valence-corrected chi connectivity index (χ4v) is 2.49. The van der Waals surface area contributed by atoms with E-state index in [0.717, 1.165) is 11.3 Å². The molecule has 1 rings (SSSR count). The highest BCUT2D eigenvalue weighted by Crippen LogP contribution is 2.27. The van der Waals surface area contributed by atoms with Crippen LogP contribution < -0.4 is 16.0 Å². The molecule has 0 bridgehead atoms. The van der Waals surface area contributed by atoms with Crippen molar-refractivity contribution in [1.29, 1.82) is 0 Å². The van der Waals surface area contributed by atoms with E-state index in [1.165, 1.54) is 0 Å². The first-order chi connectivity index (χ1) is 12.4. The lowest BCUT2D eigenvalue weighted by atomic mass is 9.96. The molecular weight excluding hydrogens is 348 g/mol. The van der Waals surface area contributed by atoms with E-state index in [4.69, 9.17) is 9.15 Å². The number of hydrogen-bond donors (Lipinski definition) is 4. The highest BCUT2D eigenvalue weighted by molar-refractivity contribution is 5.79. The third kappa shape index (κ3) is 8.34. The quantitative estimate of drug-likeness (QED) is 0.327. The number of aliphatic hydroxyl groups is 1. The van der Waals surface area contributed by atoms with E-state index < -0.39 is 17.3 Å².